The zero-order chi connectivity index (χ0) is 7.23. The van der Waals surface area contributed by atoms with Crippen molar-refractivity contribution in [1.82, 2.24) is 0 Å². The van der Waals surface area contributed by atoms with Crippen LogP contribution in [-0.2, 0) is 4.74 Å². The molecule has 0 aromatic carbocycles. The fraction of sp³-hybridized carbons (Fsp3) is 0.889. The van der Waals surface area contributed by atoms with Crippen molar-refractivity contribution in [3.05, 3.63) is 6.42 Å². The molecule has 1 saturated carbocycles. The predicted molar refractivity (Wildman–Crippen MR) is 42.8 cm³/mol. The van der Waals surface area contributed by atoms with E-state index in [1.807, 2.05) is 6.92 Å². The van der Waals surface area contributed by atoms with E-state index >= 15 is 0 Å². The lowest BCUT2D eigenvalue weighted by atomic mass is 9.98. The summed E-state index contributed by atoms with van der Waals surface area (Å²) < 4.78 is 5.58. The van der Waals surface area contributed by atoms with Gasteiger partial charge in [-0.1, -0.05) is 26.2 Å². The van der Waals surface area contributed by atoms with Gasteiger partial charge in [-0.15, -0.1) is 0 Å². The average Bonchev–Trinajstić information content (AvgIpc) is 2.03. The van der Waals surface area contributed by atoms with Crippen LogP contribution in [0.3, 0.4) is 0 Å². The van der Waals surface area contributed by atoms with Crippen molar-refractivity contribution < 1.29 is 4.74 Å². The minimum atomic E-state index is 0.574. The molecule has 1 aliphatic rings. The Balaban J connectivity index is 2.02. The van der Waals surface area contributed by atoms with Gasteiger partial charge in [0.1, 0.15) is 0 Å². The van der Waals surface area contributed by atoms with E-state index in [2.05, 4.69) is 6.42 Å². The number of rotatable bonds is 3. The first-order valence-electron chi connectivity index (χ1n) is 4.33. The average molecular weight is 141 g/mol. The summed E-state index contributed by atoms with van der Waals surface area (Å²) >= 11 is 0. The Hall–Kier alpha value is -0.0400. The molecule has 0 amide bonds. The van der Waals surface area contributed by atoms with E-state index < -0.39 is 0 Å². The third-order valence-electron chi connectivity index (χ3n) is 2.05. The maximum atomic E-state index is 5.58. The topological polar surface area (TPSA) is 9.23 Å². The first-order valence-corrected chi connectivity index (χ1v) is 4.33. The Morgan fingerprint density at radius 3 is 2.60 bits per heavy atom. The molecule has 1 rings (SSSR count). The van der Waals surface area contributed by atoms with Crippen LogP contribution in [0.1, 0.15) is 39.0 Å². The summed E-state index contributed by atoms with van der Waals surface area (Å²) in [6.45, 7) is 2.88. The lowest BCUT2D eigenvalue weighted by Crippen LogP contribution is -2.16. The van der Waals surface area contributed by atoms with Gasteiger partial charge in [0, 0.05) is 6.61 Å². The molecule has 0 atom stereocenters. The zero-order valence-corrected chi connectivity index (χ0v) is 6.81. The van der Waals surface area contributed by atoms with E-state index in [1.165, 1.54) is 32.1 Å². The Morgan fingerprint density at radius 2 is 2.00 bits per heavy atom. The first kappa shape index (κ1) is 8.06. The van der Waals surface area contributed by atoms with Crippen LogP contribution in [0.5, 0.6) is 0 Å². The van der Waals surface area contributed by atoms with Crippen molar-refractivity contribution in [2.24, 2.45) is 0 Å². The molecule has 0 aliphatic heterocycles. The van der Waals surface area contributed by atoms with Gasteiger partial charge in [-0.05, 0) is 19.3 Å². The second-order valence-corrected chi connectivity index (χ2v) is 3.00. The largest absolute Gasteiger partial charge is 0.378 e. The first-order chi connectivity index (χ1) is 4.93. The monoisotopic (exact) mass is 141 g/mol. The molecule has 0 unspecified atom stereocenters. The van der Waals surface area contributed by atoms with Gasteiger partial charge < -0.3 is 4.74 Å². The van der Waals surface area contributed by atoms with Crippen molar-refractivity contribution in [1.29, 1.82) is 0 Å². The third-order valence-corrected chi connectivity index (χ3v) is 2.05. The smallest absolute Gasteiger partial charge is 0.0575 e. The maximum Gasteiger partial charge on any atom is 0.0575 e. The van der Waals surface area contributed by atoms with E-state index in [0.717, 1.165) is 6.61 Å². The summed E-state index contributed by atoms with van der Waals surface area (Å²) in [5.41, 5.74) is 0. The summed E-state index contributed by atoms with van der Waals surface area (Å²) in [6.07, 6.45) is 9.37. The molecule has 1 heteroatoms. The quantitative estimate of drug-likeness (QED) is 0.587. The maximum absolute atomic E-state index is 5.58. The summed E-state index contributed by atoms with van der Waals surface area (Å²) in [5.74, 6) is 0. The van der Waals surface area contributed by atoms with Gasteiger partial charge in [0.15, 0.2) is 0 Å². The van der Waals surface area contributed by atoms with Gasteiger partial charge in [-0.25, -0.2) is 0 Å². The second kappa shape index (κ2) is 4.73. The van der Waals surface area contributed by atoms with Gasteiger partial charge in [0.2, 0.25) is 0 Å². The minimum Gasteiger partial charge on any atom is -0.378 e. The van der Waals surface area contributed by atoms with Gasteiger partial charge in [-0.2, -0.15) is 0 Å². The van der Waals surface area contributed by atoms with Crippen LogP contribution in [0.25, 0.3) is 0 Å². The van der Waals surface area contributed by atoms with Gasteiger partial charge in [0.25, 0.3) is 0 Å². The van der Waals surface area contributed by atoms with Crippen LogP contribution in [0.4, 0.5) is 0 Å². The highest BCUT2D eigenvalue weighted by atomic mass is 16.5. The zero-order valence-electron chi connectivity index (χ0n) is 6.81. The summed E-state index contributed by atoms with van der Waals surface area (Å²) in [5, 5.41) is 0. The molecule has 59 valence electrons. The van der Waals surface area contributed by atoms with Crippen LogP contribution in [0.15, 0.2) is 0 Å². The molecule has 1 aliphatic carbocycles. The molecule has 0 saturated heterocycles. The summed E-state index contributed by atoms with van der Waals surface area (Å²) in [4.78, 5) is 0. The van der Waals surface area contributed by atoms with Gasteiger partial charge >= 0.3 is 0 Å². The lowest BCUT2D eigenvalue weighted by molar-refractivity contribution is 0.0414. The highest BCUT2D eigenvalue weighted by molar-refractivity contribution is 4.66. The molecule has 0 aromatic rings. The molecule has 0 N–H and O–H groups in total. The lowest BCUT2D eigenvalue weighted by Gasteiger charge is -2.21. The minimum absolute atomic E-state index is 0.574. The highest BCUT2D eigenvalue weighted by Gasteiger charge is 2.12. The van der Waals surface area contributed by atoms with Crippen LogP contribution in [0, 0.1) is 6.42 Å². The van der Waals surface area contributed by atoms with E-state index in [4.69, 9.17) is 4.74 Å². The normalized spacial score (nSPS) is 21.3. The SMILES string of the molecule is C[CH]COC1CCCCC1. The van der Waals surface area contributed by atoms with Crippen molar-refractivity contribution >= 4 is 0 Å². The van der Waals surface area contributed by atoms with E-state index in [1.54, 1.807) is 0 Å². The third kappa shape index (κ3) is 2.70. The Morgan fingerprint density at radius 1 is 1.30 bits per heavy atom. The van der Waals surface area contributed by atoms with E-state index in [9.17, 15) is 0 Å². The molecular formula is C9H17O. The molecule has 10 heavy (non-hydrogen) atoms. The molecule has 0 spiro atoms. The predicted octanol–water partition coefficient (Wildman–Crippen LogP) is 2.56. The molecular weight excluding hydrogens is 124 g/mol. The molecule has 0 aromatic heterocycles. The van der Waals surface area contributed by atoms with Crippen LogP contribution in [0.2, 0.25) is 0 Å². The second-order valence-electron chi connectivity index (χ2n) is 3.00. The van der Waals surface area contributed by atoms with E-state index in [-0.39, 0.29) is 0 Å². The van der Waals surface area contributed by atoms with Crippen LogP contribution in [-0.4, -0.2) is 12.7 Å². The van der Waals surface area contributed by atoms with Crippen LogP contribution >= 0.6 is 0 Å². The fourth-order valence-electron chi connectivity index (χ4n) is 1.46. The summed E-state index contributed by atoms with van der Waals surface area (Å²) in [6, 6.07) is 0. The molecule has 1 radical (unpaired) electrons. The Kier molecular flexibility index (Phi) is 3.81. The highest BCUT2D eigenvalue weighted by Crippen LogP contribution is 2.19. The van der Waals surface area contributed by atoms with E-state index in [0.29, 0.717) is 6.10 Å². The van der Waals surface area contributed by atoms with Crippen molar-refractivity contribution in [3.63, 3.8) is 0 Å². The Labute approximate surface area is 63.8 Å². The fourth-order valence-corrected chi connectivity index (χ4v) is 1.46. The van der Waals surface area contributed by atoms with Crippen molar-refractivity contribution in [2.45, 2.75) is 45.1 Å². The van der Waals surface area contributed by atoms with Crippen molar-refractivity contribution in [2.75, 3.05) is 6.61 Å². The van der Waals surface area contributed by atoms with Gasteiger partial charge in [-0.3, -0.25) is 0 Å². The van der Waals surface area contributed by atoms with Crippen LogP contribution < -0.4 is 0 Å². The Bertz CT molecular complexity index is 74.8. The summed E-state index contributed by atoms with van der Waals surface area (Å²) in [7, 11) is 0. The number of hydrogen-bond acceptors (Lipinski definition) is 1. The number of hydrogen-bond donors (Lipinski definition) is 0. The molecule has 1 fully saturated rings. The molecule has 1 nitrogen and oxygen atoms in total. The van der Waals surface area contributed by atoms with Crippen molar-refractivity contribution in [3.8, 4) is 0 Å². The van der Waals surface area contributed by atoms with Gasteiger partial charge in [0.05, 0.1) is 6.10 Å². The standard InChI is InChI=1S/C9H17O/c1-2-8-10-9-6-4-3-5-7-9/h2,9H,3-8H2,1H3. The number of ether oxygens (including phenoxy) is 1. The molecule has 0 bridgehead atoms. The molecule has 0 heterocycles.